The Bertz CT molecular complexity index is 584. The van der Waals surface area contributed by atoms with E-state index in [2.05, 4.69) is 5.32 Å². The molecule has 0 bridgehead atoms. The molecular formula is C16H14ClNO2. The number of hydrogen-bond donors (Lipinski definition) is 1. The minimum absolute atomic E-state index is 0.305. The number of carbonyl (C=O) groups excluding carboxylic acids is 2. The number of rotatable bonds is 5. The van der Waals surface area contributed by atoms with Gasteiger partial charge in [-0.15, -0.1) is 0 Å². The monoisotopic (exact) mass is 287 g/mol. The summed E-state index contributed by atoms with van der Waals surface area (Å²) in [6, 6.07) is 17.4. The second-order valence-corrected chi connectivity index (χ2v) is 4.76. The number of halogens is 1. The largest absolute Gasteiger partial charge is 0.341 e. The van der Waals surface area contributed by atoms with Crippen molar-refractivity contribution >= 4 is 22.8 Å². The molecule has 4 heteroatoms. The lowest BCUT2D eigenvalue weighted by atomic mass is 10.1. The van der Waals surface area contributed by atoms with Crippen molar-refractivity contribution in [1.29, 1.82) is 0 Å². The van der Waals surface area contributed by atoms with Crippen molar-refractivity contribution in [1.82, 2.24) is 5.32 Å². The molecular weight excluding hydrogens is 274 g/mol. The summed E-state index contributed by atoms with van der Waals surface area (Å²) in [5.74, 6) is -0.305. The van der Waals surface area contributed by atoms with Gasteiger partial charge in [-0.25, -0.2) is 0 Å². The molecule has 1 N–H and O–H groups in total. The van der Waals surface area contributed by atoms with Crippen molar-refractivity contribution < 1.29 is 9.59 Å². The first-order chi connectivity index (χ1) is 9.66. The van der Waals surface area contributed by atoms with Crippen molar-refractivity contribution in [2.45, 2.75) is 12.5 Å². The highest BCUT2D eigenvalue weighted by Crippen LogP contribution is 2.07. The highest BCUT2D eigenvalue weighted by Gasteiger charge is 2.19. The highest BCUT2D eigenvalue weighted by molar-refractivity contribution is 6.64. The number of benzene rings is 2. The Hall–Kier alpha value is -2.13. The molecule has 0 spiro atoms. The van der Waals surface area contributed by atoms with Crippen LogP contribution in [0.1, 0.15) is 15.9 Å². The van der Waals surface area contributed by atoms with Gasteiger partial charge in [0, 0.05) is 12.0 Å². The van der Waals surface area contributed by atoms with Crippen molar-refractivity contribution in [2.24, 2.45) is 0 Å². The van der Waals surface area contributed by atoms with Gasteiger partial charge >= 0.3 is 0 Å². The second-order valence-electron chi connectivity index (χ2n) is 4.39. The Balaban J connectivity index is 2.07. The van der Waals surface area contributed by atoms with Gasteiger partial charge in [-0.2, -0.15) is 0 Å². The van der Waals surface area contributed by atoms with Gasteiger partial charge in [0.15, 0.2) is 0 Å². The molecule has 0 saturated carbocycles. The summed E-state index contributed by atoms with van der Waals surface area (Å²) in [6.07, 6.45) is 0.377. The molecule has 0 radical (unpaired) electrons. The molecule has 2 aromatic rings. The van der Waals surface area contributed by atoms with E-state index in [1.807, 2.05) is 36.4 Å². The first kappa shape index (κ1) is 14.3. The van der Waals surface area contributed by atoms with Crippen LogP contribution in [0.25, 0.3) is 0 Å². The van der Waals surface area contributed by atoms with Gasteiger partial charge in [-0.3, -0.25) is 9.59 Å². The van der Waals surface area contributed by atoms with E-state index in [1.165, 1.54) is 0 Å². The van der Waals surface area contributed by atoms with E-state index in [9.17, 15) is 9.59 Å². The standard InChI is InChI=1S/C16H14ClNO2/c17-15(19)14(11-12-7-3-1-4-8-12)18-16(20)13-9-5-2-6-10-13/h1-10,14H,11H2,(H,18,20)/t14-/m0/s1. The molecule has 0 fully saturated rings. The maximum absolute atomic E-state index is 12.0. The van der Waals surface area contributed by atoms with E-state index < -0.39 is 11.3 Å². The minimum atomic E-state index is -0.730. The van der Waals surface area contributed by atoms with E-state index in [0.29, 0.717) is 12.0 Å². The summed E-state index contributed by atoms with van der Waals surface area (Å²) < 4.78 is 0. The minimum Gasteiger partial charge on any atom is -0.341 e. The first-order valence-corrected chi connectivity index (χ1v) is 6.64. The summed E-state index contributed by atoms with van der Waals surface area (Å²) in [6.45, 7) is 0. The SMILES string of the molecule is O=C(N[C@@H](Cc1ccccc1)C(=O)Cl)c1ccccc1. The van der Waals surface area contributed by atoms with Crippen molar-refractivity contribution in [3.05, 3.63) is 71.8 Å². The Labute approximate surface area is 122 Å². The molecule has 0 heterocycles. The fourth-order valence-electron chi connectivity index (χ4n) is 1.87. The Morgan fingerprint density at radius 3 is 2.05 bits per heavy atom. The van der Waals surface area contributed by atoms with Crippen LogP contribution >= 0.6 is 11.6 Å². The third-order valence-electron chi connectivity index (χ3n) is 2.90. The number of nitrogens with one attached hydrogen (secondary N) is 1. The fourth-order valence-corrected chi connectivity index (χ4v) is 2.00. The predicted octanol–water partition coefficient (Wildman–Crippen LogP) is 2.79. The second kappa shape index (κ2) is 6.87. The molecule has 102 valence electrons. The maximum atomic E-state index is 12.0. The summed E-state index contributed by atoms with van der Waals surface area (Å²) >= 11 is 5.57. The summed E-state index contributed by atoms with van der Waals surface area (Å²) in [5, 5.41) is 2.09. The van der Waals surface area contributed by atoms with Gasteiger partial charge in [-0.05, 0) is 29.3 Å². The molecule has 0 aliphatic rings. The average Bonchev–Trinajstić information content (AvgIpc) is 2.48. The van der Waals surface area contributed by atoms with E-state index in [-0.39, 0.29) is 5.91 Å². The van der Waals surface area contributed by atoms with E-state index in [4.69, 9.17) is 11.6 Å². The van der Waals surface area contributed by atoms with E-state index >= 15 is 0 Å². The zero-order valence-electron chi connectivity index (χ0n) is 10.8. The van der Waals surface area contributed by atoms with Gasteiger partial charge in [0.05, 0.1) is 0 Å². The molecule has 2 rings (SSSR count). The fraction of sp³-hybridized carbons (Fsp3) is 0.125. The normalized spacial score (nSPS) is 11.7. The van der Waals surface area contributed by atoms with Crippen LogP contribution in [-0.2, 0) is 11.2 Å². The zero-order valence-corrected chi connectivity index (χ0v) is 11.5. The van der Waals surface area contributed by atoms with Crippen LogP contribution in [0, 0.1) is 0 Å². The van der Waals surface area contributed by atoms with Crippen LogP contribution in [0.2, 0.25) is 0 Å². The van der Waals surface area contributed by atoms with Gasteiger partial charge in [0.2, 0.25) is 5.24 Å². The van der Waals surface area contributed by atoms with Gasteiger partial charge in [0.1, 0.15) is 6.04 Å². The number of hydrogen-bond acceptors (Lipinski definition) is 2. The Kier molecular flexibility index (Phi) is 4.91. The van der Waals surface area contributed by atoms with Gasteiger partial charge < -0.3 is 5.32 Å². The van der Waals surface area contributed by atoms with Crippen LogP contribution in [0.4, 0.5) is 0 Å². The topological polar surface area (TPSA) is 46.2 Å². The lowest BCUT2D eigenvalue weighted by molar-refractivity contribution is -0.113. The summed E-state index contributed by atoms with van der Waals surface area (Å²) in [7, 11) is 0. The molecule has 0 aliphatic heterocycles. The third-order valence-corrected chi connectivity index (χ3v) is 3.16. The van der Waals surface area contributed by atoms with Crippen LogP contribution in [-0.4, -0.2) is 17.2 Å². The van der Waals surface area contributed by atoms with Crippen LogP contribution in [0.15, 0.2) is 60.7 Å². The van der Waals surface area contributed by atoms with Crippen LogP contribution < -0.4 is 5.32 Å². The molecule has 20 heavy (non-hydrogen) atoms. The van der Waals surface area contributed by atoms with Gasteiger partial charge in [0.25, 0.3) is 5.91 Å². The molecule has 0 aromatic heterocycles. The molecule has 0 unspecified atom stereocenters. The average molecular weight is 288 g/mol. The molecule has 1 atom stereocenters. The predicted molar refractivity (Wildman–Crippen MR) is 78.7 cm³/mol. The third kappa shape index (κ3) is 3.93. The Morgan fingerprint density at radius 2 is 1.50 bits per heavy atom. The molecule has 3 nitrogen and oxygen atoms in total. The Morgan fingerprint density at radius 1 is 0.950 bits per heavy atom. The van der Waals surface area contributed by atoms with Crippen LogP contribution in [0.3, 0.4) is 0 Å². The van der Waals surface area contributed by atoms with Crippen molar-refractivity contribution in [3.8, 4) is 0 Å². The highest BCUT2D eigenvalue weighted by atomic mass is 35.5. The molecule has 2 aromatic carbocycles. The first-order valence-electron chi connectivity index (χ1n) is 6.26. The maximum Gasteiger partial charge on any atom is 0.251 e. The van der Waals surface area contributed by atoms with Crippen molar-refractivity contribution in [3.63, 3.8) is 0 Å². The smallest absolute Gasteiger partial charge is 0.251 e. The summed E-state index contributed by atoms with van der Waals surface area (Å²) in [5.41, 5.74) is 1.45. The van der Waals surface area contributed by atoms with E-state index in [0.717, 1.165) is 5.56 Å². The lowest BCUT2D eigenvalue weighted by Gasteiger charge is -2.15. The van der Waals surface area contributed by atoms with E-state index in [1.54, 1.807) is 24.3 Å². The zero-order chi connectivity index (χ0) is 14.4. The van der Waals surface area contributed by atoms with Crippen molar-refractivity contribution in [2.75, 3.05) is 0 Å². The van der Waals surface area contributed by atoms with Crippen LogP contribution in [0.5, 0.6) is 0 Å². The molecule has 0 aliphatic carbocycles. The number of amides is 1. The summed E-state index contributed by atoms with van der Waals surface area (Å²) in [4.78, 5) is 23.5. The number of carbonyl (C=O) groups is 2. The van der Waals surface area contributed by atoms with Gasteiger partial charge in [-0.1, -0.05) is 48.5 Å². The lowest BCUT2D eigenvalue weighted by Crippen LogP contribution is -2.40. The molecule has 0 saturated heterocycles. The molecule has 1 amide bonds. The quantitative estimate of drug-likeness (QED) is 0.860.